The molecule has 0 atom stereocenters. The van der Waals surface area contributed by atoms with Gasteiger partial charge in [0.1, 0.15) is 0 Å². The van der Waals surface area contributed by atoms with Crippen molar-refractivity contribution in [2.45, 2.75) is 19.3 Å². The first kappa shape index (κ1) is 19.7. The Morgan fingerprint density at radius 3 is 1.86 bits per heavy atom. The van der Waals surface area contributed by atoms with Gasteiger partial charge in [-0.25, -0.2) is 0 Å². The van der Waals surface area contributed by atoms with Crippen LogP contribution in [0.1, 0.15) is 19.3 Å². The predicted octanol–water partition coefficient (Wildman–Crippen LogP) is 2.17. The molecule has 0 N–H and O–H groups in total. The Labute approximate surface area is 126 Å². The first-order valence-electron chi connectivity index (χ1n) is 7.17. The number of nitrogens with zero attached hydrogens (tertiary/aromatic N) is 3. The molecule has 0 aliphatic carbocycles. The fourth-order valence-electron chi connectivity index (χ4n) is 1.34. The number of azide groups is 1. The lowest BCUT2D eigenvalue weighted by Crippen LogP contribution is -2.12. The third-order valence-electron chi connectivity index (χ3n) is 2.37. The highest BCUT2D eigenvalue weighted by atomic mass is 16.6. The topological polar surface area (TPSA) is 85.7 Å². The van der Waals surface area contributed by atoms with Crippen molar-refractivity contribution in [3.05, 3.63) is 10.4 Å². The smallest absolute Gasteiger partial charge is 0.0701 e. The van der Waals surface area contributed by atoms with E-state index in [1.54, 1.807) is 0 Å². The van der Waals surface area contributed by atoms with E-state index in [9.17, 15) is 0 Å². The Morgan fingerprint density at radius 2 is 1.33 bits per heavy atom. The number of unbranched alkanes of at least 4 members (excludes halogenated alkanes) is 2. The minimum absolute atomic E-state index is 0.350. The van der Waals surface area contributed by atoms with Crippen molar-refractivity contribution in [2.75, 3.05) is 59.4 Å². The van der Waals surface area contributed by atoms with Gasteiger partial charge < -0.3 is 18.9 Å². The fourth-order valence-corrected chi connectivity index (χ4v) is 1.34. The number of terminal acetylenes is 1. The van der Waals surface area contributed by atoms with Gasteiger partial charge in [0.05, 0.1) is 46.2 Å². The maximum absolute atomic E-state index is 8.04. The molecule has 0 unspecified atom stereocenters. The van der Waals surface area contributed by atoms with Gasteiger partial charge >= 0.3 is 0 Å². The normalized spacial score (nSPS) is 10.0. The molecular weight excluding hydrogens is 274 g/mol. The Kier molecular flexibility index (Phi) is 17.6. The molecule has 0 aromatic heterocycles. The number of ether oxygens (including phenoxy) is 4. The van der Waals surface area contributed by atoms with Crippen LogP contribution in [0.25, 0.3) is 10.4 Å². The number of hydrogen-bond acceptors (Lipinski definition) is 5. The standard InChI is InChI=1S/C14H25N3O4/c1-2-3-4-5-7-18-9-11-20-13-14-21-12-10-19-8-6-16-17-15/h1H,3-14H2. The highest BCUT2D eigenvalue weighted by Gasteiger charge is 1.93. The first-order chi connectivity index (χ1) is 10.4. The molecule has 7 nitrogen and oxygen atoms in total. The molecule has 120 valence electrons. The second-order valence-corrected chi connectivity index (χ2v) is 4.07. The molecule has 0 saturated carbocycles. The van der Waals surface area contributed by atoms with E-state index in [1.807, 2.05) is 0 Å². The molecule has 0 amide bonds. The van der Waals surface area contributed by atoms with Crippen molar-refractivity contribution in [3.63, 3.8) is 0 Å². The van der Waals surface area contributed by atoms with Crippen molar-refractivity contribution in [3.8, 4) is 12.3 Å². The van der Waals surface area contributed by atoms with Gasteiger partial charge in [-0.05, 0) is 18.4 Å². The van der Waals surface area contributed by atoms with E-state index in [2.05, 4.69) is 15.9 Å². The summed E-state index contributed by atoms with van der Waals surface area (Å²) >= 11 is 0. The molecule has 0 fully saturated rings. The second kappa shape index (κ2) is 18.7. The van der Waals surface area contributed by atoms with Crippen LogP contribution in [-0.2, 0) is 18.9 Å². The average Bonchev–Trinajstić information content (AvgIpc) is 2.50. The van der Waals surface area contributed by atoms with Crippen LogP contribution in [0, 0.1) is 12.3 Å². The molecule has 0 rings (SSSR count). The Bertz CT molecular complexity index is 301. The van der Waals surface area contributed by atoms with Gasteiger partial charge in [-0.2, -0.15) is 0 Å². The van der Waals surface area contributed by atoms with Crippen LogP contribution in [0.3, 0.4) is 0 Å². The van der Waals surface area contributed by atoms with E-state index >= 15 is 0 Å². The third-order valence-corrected chi connectivity index (χ3v) is 2.37. The van der Waals surface area contributed by atoms with Crippen molar-refractivity contribution in [1.29, 1.82) is 0 Å². The minimum atomic E-state index is 0.350. The molecule has 21 heavy (non-hydrogen) atoms. The quantitative estimate of drug-likeness (QED) is 0.144. The molecule has 0 aromatic carbocycles. The zero-order chi connectivity index (χ0) is 15.4. The summed E-state index contributed by atoms with van der Waals surface area (Å²) in [4.78, 5) is 2.62. The summed E-state index contributed by atoms with van der Waals surface area (Å²) in [5.41, 5.74) is 8.04. The summed E-state index contributed by atoms with van der Waals surface area (Å²) in [6, 6.07) is 0. The molecule has 0 radical (unpaired) electrons. The maximum atomic E-state index is 8.04. The largest absolute Gasteiger partial charge is 0.379 e. The predicted molar refractivity (Wildman–Crippen MR) is 80.0 cm³/mol. The third kappa shape index (κ3) is 18.7. The monoisotopic (exact) mass is 299 g/mol. The van der Waals surface area contributed by atoms with Crippen LogP contribution in [0.15, 0.2) is 5.11 Å². The van der Waals surface area contributed by atoms with Crippen molar-refractivity contribution < 1.29 is 18.9 Å². The molecule has 0 heterocycles. The van der Waals surface area contributed by atoms with E-state index < -0.39 is 0 Å². The first-order valence-corrected chi connectivity index (χ1v) is 7.17. The molecule has 7 heteroatoms. The van der Waals surface area contributed by atoms with Gasteiger partial charge in [-0.3, -0.25) is 0 Å². The fraction of sp³-hybridized carbons (Fsp3) is 0.857. The Morgan fingerprint density at radius 1 is 0.810 bits per heavy atom. The lowest BCUT2D eigenvalue weighted by atomic mass is 10.2. The van der Waals surface area contributed by atoms with Crippen LogP contribution < -0.4 is 0 Å². The molecule has 0 aliphatic rings. The highest BCUT2D eigenvalue weighted by molar-refractivity contribution is 4.82. The SMILES string of the molecule is C#CCCCCOCCOCCOCCOCCN=[N+]=[N-]. The minimum Gasteiger partial charge on any atom is -0.379 e. The van der Waals surface area contributed by atoms with Gasteiger partial charge in [-0.15, -0.1) is 12.3 Å². The van der Waals surface area contributed by atoms with Crippen LogP contribution >= 0.6 is 0 Å². The van der Waals surface area contributed by atoms with Gasteiger partial charge in [-0.1, -0.05) is 5.11 Å². The van der Waals surface area contributed by atoms with E-state index in [0.717, 1.165) is 25.9 Å². The van der Waals surface area contributed by atoms with Crippen LogP contribution in [0.4, 0.5) is 0 Å². The summed E-state index contributed by atoms with van der Waals surface area (Å²) in [6.45, 7) is 4.73. The molecule has 0 aromatic rings. The van der Waals surface area contributed by atoms with Crippen LogP contribution in [0.5, 0.6) is 0 Å². The van der Waals surface area contributed by atoms with Gasteiger partial charge in [0.25, 0.3) is 0 Å². The van der Waals surface area contributed by atoms with Gasteiger partial charge in [0.15, 0.2) is 0 Å². The van der Waals surface area contributed by atoms with E-state index in [1.165, 1.54) is 0 Å². The number of rotatable bonds is 16. The summed E-state index contributed by atoms with van der Waals surface area (Å²) in [6.07, 6.45) is 7.96. The zero-order valence-electron chi connectivity index (χ0n) is 12.5. The van der Waals surface area contributed by atoms with Crippen molar-refractivity contribution in [2.24, 2.45) is 5.11 Å². The van der Waals surface area contributed by atoms with Gasteiger partial charge in [0.2, 0.25) is 0 Å². The molecule has 0 spiro atoms. The molecule has 0 aliphatic heterocycles. The molecule has 0 saturated heterocycles. The summed E-state index contributed by atoms with van der Waals surface area (Å²) < 4.78 is 21.2. The van der Waals surface area contributed by atoms with Crippen molar-refractivity contribution in [1.82, 2.24) is 0 Å². The maximum Gasteiger partial charge on any atom is 0.0701 e. The second-order valence-electron chi connectivity index (χ2n) is 4.07. The average molecular weight is 299 g/mol. The van der Waals surface area contributed by atoms with E-state index in [0.29, 0.717) is 52.8 Å². The Hall–Kier alpha value is -1.29. The Balaban J connectivity index is 2.96. The van der Waals surface area contributed by atoms with Gasteiger partial charge in [0, 0.05) is 24.5 Å². The van der Waals surface area contributed by atoms with Crippen LogP contribution in [0.2, 0.25) is 0 Å². The van der Waals surface area contributed by atoms with E-state index in [-0.39, 0.29) is 0 Å². The van der Waals surface area contributed by atoms with Crippen LogP contribution in [-0.4, -0.2) is 59.4 Å². The summed E-state index contributed by atoms with van der Waals surface area (Å²) in [5, 5.41) is 3.35. The molecular formula is C14H25N3O4. The lowest BCUT2D eigenvalue weighted by molar-refractivity contribution is -0.00128. The summed E-state index contributed by atoms with van der Waals surface area (Å²) in [5.74, 6) is 2.60. The zero-order valence-corrected chi connectivity index (χ0v) is 12.5. The molecule has 0 bridgehead atoms. The number of hydrogen-bond donors (Lipinski definition) is 0. The summed E-state index contributed by atoms with van der Waals surface area (Å²) in [7, 11) is 0. The lowest BCUT2D eigenvalue weighted by Gasteiger charge is -2.07. The highest BCUT2D eigenvalue weighted by Crippen LogP contribution is 1.94. The van der Waals surface area contributed by atoms with E-state index in [4.69, 9.17) is 30.9 Å². The van der Waals surface area contributed by atoms with Crippen molar-refractivity contribution >= 4 is 0 Å².